The van der Waals surface area contributed by atoms with Crippen LogP contribution in [0.5, 0.6) is 0 Å². The van der Waals surface area contributed by atoms with Crippen LogP contribution in [0.3, 0.4) is 0 Å². The number of hydrogen-bond donors (Lipinski definition) is 1. The maximum atomic E-state index is 13.3. The summed E-state index contributed by atoms with van der Waals surface area (Å²) in [5.41, 5.74) is 1.10. The van der Waals surface area contributed by atoms with E-state index in [0.29, 0.717) is 21.3 Å². The molecule has 2 aromatic carbocycles. The van der Waals surface area contributed by atoms with Crippen LogP contribution in [-0.2, 0) is 0 Å². The van der Waals surface area contributed by atoms with E-state index in [1.807, 2.05) is 6.07 Å². The third-order valence-corrected chi connectivity index (χ3v) is 3.07. The van der Waals surface area contributed by atoms with Gasteiger partial charge < -0.3 is 5.32 Å². The van der Waals surface area contributed by atoms with Crippen LogP contribution in [0.15, 0.2) is 46.9 Å². The second-order valence-electron chi connectivity index (χ2n) is 3.78. The topological polar surface area (TPSA) is 52.9 Å². The van der Waals surface area contributed by atoms with Crippen molar-refractivity contribution >= 4 is 27.5 Å². The van der Waals surface area contributed by atoms with Crippen molar-refractivity contribution in [2.24, 2.45) is 0 Å². The van der Waals surface area contributed by atoms with E-state index in [2.05, 4.69) is 21.2 Å². The van der Waals surface area contributed by atoms with Gasteiger partial charge in [0, 0.05) is 11.3 Å². The molecule has 0 aliphatic carbocycles. The van der Waals surface area contributed by atoms with Gasteiger partial charge in [0.15, 0.2) is 0 Å². The summed E-state index contributed by atoms with van der Waals surface area (Å²) in [6, 6.07) is 12.6. The quantitative estimate of drug-likeness (QED) is 0.917. The summed E-state index contributed by atoms with van der Waals surface area (Å²) in [4.78, 5) is 11.9. The fraction of sp³-hybridized carbons (Fsp3) is 0. The molecule has 19 heavy (non-hydrogen) atoms. The average Bonchev–Trinajstić information content (AvgIpc) is 2.43. The van der Waals surface area contributed by atoms with E-state index in [-0.39, 0.29) is 5.91 Å². The minimum absolute atomic E-state index is 0.331. The number of nitrogens with one attached hydrogen (secondary N) is 1. The molecule has 0 saturated heterocycles. The van der Waals surface area contributed by atoms with E-state index in [4.69, 9.17) is 5.26 Å². The van der Waals surface area contributed by atoms with Crippen molar-refractivity contribution in [1.82, 2.24) is 0 Å². The van der Waals surface area contributed by atoms with Gasteiger partial charge in [-0.05, 0) is 52.3 Å². The lowest BCUT2D eigenvalue weighted by molar-refractivity contribution is 0.102. The number of benzene rings is 2. The summed E-state index contributed by atoms with van der Waals surface area (Å²) in [7, 11) is 0. The molecule has 0 spiro atoms. The van der Waals surface area contributed by atoms with E-state index in [0.717, 1.165) is 0 Å². The van der Waals surface area contributed by atoms with Crippen molar-refractivity contribution in [3.63, 3.8) is 0 Å². The summed E-state index contributed by atoms with van der Waals surface area (Å²) in [6.45, 7) is 0. The second-order valence-corrected chi connectivity index (χ2v) is 4.63. The Morgan fingerprint density at radius 1 is 1.26 bits per heavy atom. The molecule has 0 atom stereocenters. The smallest absolute Gasteiger partial charge is 0.255 e. The standard InChI is InChI=1S/C14H8BrFN2O/c15-12-5-4-11(7-13(12)16)18-14(19)10-3-1-2-9(6-10)8-17/h1-7H,(H,18,19). The number of carbonyl (C=O) groups excluding carboxylic acids is 1. The van der Waals surface area contributed by atoms with Crippen LogP contribution < -0.4 is 5.32 Å². The number of nitrogens with zero attached hydrogens (tertiary/aromatic N) is 1. The molecule has 0 fully saturated rings. The molecular formula is C14H8BrFN2O. The Labute approximate surface area is 117 Å². The zero-order valence-corrected chi connectivity index (χ0v) is 11.2. The maximum absolute atomic E-state index is 13.3. The van der Waals surface area contributed by atoms with Gasteiger partial charge in [0.2, 0.25) is 0 Å². The molecule has 5 heteroatoms. The number of amides is 1. The van der Waals surface area contributed by atoms with Gasteiger partial charge >= 0.3 is 0 Å². The molecule has 2 rings (SSSR count). The first kappa shape index (κ1) is 13.2. The Morgan fingerprint density at radius 3 is 2.74 bits per heavy atom. The molecular weight excluding hydrogens is 311 g/mol. The number of carbonyl (C=O) groups is 1. The lowest BCUT2D eigenvalue weighted by Gasteiger charge is -2.06. The lowest BCUT2D eigenvalue weighted by atomic mass is 10.1. The van der Waals surface area contributed by atoms with Crippen LogP contribution in [-0.4, -0.2) is 5.91 Å². The summed E-state index contributed by atoms with van der Waals surface area (Å²) >= 11 is 3.04. The minimum Gasteiger partial charge on any atom is -0.322 e. The van der Waals surface area contributed by atoms with E-state index >= 15 is 0 Å². The van der Waals surface area contributed by atoms with Gasteiger partial charge in [-0.15, -0.1) is 0 Å². The van der Waals surface area contributed by atoms with Crippen molar-refractivity contribution in [3.05, 3.63) is 63.9 Å². The summed E-state index contributed by atoms with van der Waals surface area (Å²) in [5.74, 6) is -0.845. The van der Waals surface area contributed by atoms with Crippen LogP contribution in [0, 0.1) is 17.1 Å². The van der Waals surface area contributed by atoms with Crippen LogP contribution in [0.1, 0.15) is 15.9 Å². The van der Waals surface area contributed by atoms with Gasteiger partial charge in [-0.1, -0.05) is 6.07 Å². The van der Waals surface area contributed by atoms with Crippen molar-refractivity contribution in [1.29, 1.82) is 5.26 Å². The molecule has 94 valence electrons. The summed E-state index contributed by atoms with van der Waals surface area (Å²) < 4.78 is 13.6. The van der Waals surface area contributed by atoms with E-state index in [1.54, 1.807) is 24.3 Å². The number of hydrogen-bond acceptors (Lipinski definition) is 2. The Kier molecular flexibility index (Phi) is 3.93. The van der Waals surface area contributed by atoms with Gasteiger partial charge in [0.05, 0.1) is 16.1 Å². The SMILES string of the molecule is N#Cc1cccc(C(=O)Nc2ccc(Br)c(F)c2)c1. The predicted molar refractivity (Wildman–Crippen MR) is 73.2 cm³/mol. The molecule has 0 unspecified atom stereocenters. The molecule has 0 aromatic heterocycles. The largest absolute Gasteiger partial charge is 0.322 e. The average molecular weight is 319 g/mol. The number of anilines is 1. The Balaban J connectivity index is 2.21. The van der Waals surface area contributed by atoms with Gasteiger partial charge in [-0.25, -0.2) is 4.39 Å². The van der Waals surface area contributed by atoms with Gasteiger partial charge in [0.1, 0.15) is 5.82 Å². The van der Waals surface area contributed by atoms with Crippen molar-refractivity contribution in [2.45, 2.75) is 0 Å². The molecule has 2 aromatic rings. The highest BCUT2D eigenvalue weighted by Crippen LogP contribution is 2.19. The third-order valence-electron chi connectivity index (χ3n) is 2.43. The van der Waals surface area contributed by atoms with Gasteiger partial charge in [0.25, 0.3) is 5.91 Å². The first-order valence-electron chi connectivity index (χ1n) is 5.37. The van der Waals surface area contributed by atoms with Crippen molar-refractivity contribution < 1.29 is 9.18 Å². The third kappa shape index (κ3) is 3.18. The van der Waals surface area contributed by atoms with Crippen molar-refractivity contribution in [3.8, 4) is 6.07 Å². The predicted octanol–water partition coefficient (Wildman–Crippen LogP) is 3.71. The van der Waals surface area contributed by atoms with Crippen LogP contribution in [0.25, 0.3) is 0 Å². The van der Waals surface area contributed by atoms with Gasteiger partial charge in [-0.2, -0.15) is 5.26 Å². The van der Waals surface area contributed by atoms with Crippen LogP contribution >= 0.6 is 15.9 Å². The van der Waals surface area contributed by atoms with Crippen LogP contribution in [0.2, 0.25) is 0 Å². The summed E-state index contributed by atoms with van der Waals surface area (Å²) in [5, 5.41) is 11.3. The molecule has 0 radical (unpaired) electrons. The van der Waals surface area contributed by atoms with Crippen molar-refractivity contribution in [2.75, 3.05) is 5.32 Å². The normalized spacial score (nSPS) is 9.74. The van der Waals surface area contributed by atoms with E-state index in [9.17, 15) is 9.18 Å². The van der Waals surface area contributed by atoms with Crippen LogP contribution in [0.4, 0.5) is 10.1 Å². The Morgan fingerprint density at radius 2 is 2.05 bits per heavy atom. The molecule has 0 saturated carbocycles. The molecule has 1 N–H and O–H groups in total. The number of halogens is 2. The summed E-state index contributed by atoms with van der Waals surface area (Å²) in [6.07, 6.45) is 0. The molecule has 0 aliphatic rings. The Bertz CT molecular complexity index is 679. The lowest BCUT2D eigenvalue weighted by Crippen LogP contribution is -2.12. The number of nitriles is 1. The van der Waals surface area contributed by atoms with Gasteiger partial charge in [-0.3, -0.25) is 4.79 Å². The fourth-order valence-electron chi connectivity index (χ4n) is 1.51. The zero-order valence-electron chi connectivity index (χ0n) is 9.65. The molecule has 0 heterocycles. The molecule has 1 amide bonds. The fourth-order valence-corrected chi connectivity index (χ4v) is 1.75. The first-order valence-corrected chi connectivity index (χ1v) is 6.16. The highest BCUT2D eigenvalue weighted by Gasteiger charge is 2.08. The molecule has 3 nitrogen and oxygen atoms in total. The molecule has 0 aliphatic heterocycles. The molecule has 0 bridgehead atoms. The highest BCUT2D eigenvalue weighted by atomic mass is 79.9. The maximum Gasteiger partial charge on any atom is 0.255 e. The van der Waals surface area contributed by atoms with E-state index in [1.165, 1.54) is 18.2 Å². The minimum atomic E-state index is -0.455. The monoisotopic (exact) mass is 318 g/mol. The highest BCUT2D eigenvalue weighted by molar-refractivity contribution is 9.10. The Hall–Kier alpha value is -2.19. The number of rotatable bonds is 2. The zero-order chi connectivity index (χ0) is 13.8. The van der Waals surface area contributed by atoms with E-state index < -0.39 is 5.82 Å². The first-order chi connectivity index (χ1) is 9.10. The second kappa shape index (κ2) is 5.63.